The van der Waals surface area contributed by atoms with Gasteiger partial charge in [0.15, 0.2) is 0 Å². The van der Waals surface area contributed by atoms with Crippen LogP contribution in [0, 0.1) is 11.3 Å². The van der Waals surface area contributed by atoms with Gasteiger partial charge >= 0.3 is 5.97 Å². The molecule has 0 spiro atoms. The average Bonchev–Trinajstić information content (AvgIpc) is 2.47. The van der Waals surface area contributed by atoms with Gasteiger partial charge in [-0.3, -0.25) is 4.79 Å². The molecule has 0 aliphatic carbocycles. The fourth-order valence-corrected chi connectivity index (χ4v) is 3.90. The first kappa shape index (κ1) is 15.4. The van der Waals surface area contributed by atoms with Crippen LogP contribution in [0.25, 0.3) is 0 Å². The third-order valence-electron chi connectivity index (χ3n) is 3.27. The van der Waals surface area contributed by atoms with E-state index in [1.54, 1.807) is 12.1 Å². The summed E-state index contributed by atoms with van der Waals surface area (Å²) in [5, 5.41) is 20.7. The Kier molecular flexibility index (Phi) is 4.57. The van der Waals surface area contributed by atoms with E-state index in [9.17, 15) is 13.2 Å². The fourth-order valence-electron chi connectivity index (χ4n) is 2.20. The molecular weight excluding hydrogens is 294 g/mol. The summed E-state index contributed by atoms with van der Waals surface area (Å²) in [7, 11) is -3.72. The largest absolute Gasteiger partial charge is 0.480 e. The van der Waals surface area contributed by atoms with Gasteiger partial charge in [0, 0.05) is 19.6 Å². The van der Waals surface area contributed by atoms with Gasteiger partial charge in [0.2, 0.25) is 10.0 Å². The van der Waals surface area contributed by atoms with Crippen LogP contribution in [0.3, 0.4) is 0 Å². The number of piperazine rings is 1. The number of carboxylic acids is 1. The Morgan fingerprint density at radius 2 is 2.10 bits per heavy atom. The summed E-state index contributed by atoms with van der Waals surface area (Å²) in [5.41, 5.74) is 0.971. The van der Waals surface area contributed by atoms with Crippen molar-refractivity contribution in [1.29, 1.82) is 5.26 Å². The molecule has 1 saturated heterocycles. The van der Waals surface area contributed by atoms with Gasteiger partial charge in [-0.05, 0) is 17.7 Å². The SMILES string of the molecule is N#Cc1ccc(CS(=O)(=O)N2CCNCC2C(=O)O)cc1. The Bertz CT molecular complexity index is 664. The summed E-state index contributed by atoms with van der Waals surface area (Å²) in [5.74, 6) is -1.44. The van der Waals surface area contributed by atoms with E-state index in [0.29, 0.717) is 17.7 Å². The molecule has 1 aliphatic rings. The lowest BCUT2D eigenvalue weighted by Gasteiger charge is -2.32. The number of nitrogens with one attached hydrogen (secondary N) is 1. The molecule has 0 amide bonds. The van der Waals surface area contributed by atoms with E-state index in [1.165, 1.54) is 12.1 Å². The first-order chi connectivity index (χ1) is 9.94. The molecule has 1 aromatic carbocycles. The summed E-state index contributed by atoms with van der Waals surface area (Å²) in [6.45, 7) is 0.661. The molecule has 7 nitrogen and oxygen atoms in total. The van der Waals surface area contributed by atoms with E-state index in [-0.39, 0.29) is 18.8 Å². The number of nitrogens with zero attached hydrogens (tertiary/aromatic N) is 2. The highest BCUT2D eigenvalue weighted by Gasteiger charge is 2.36. The first-order valence-corrected chi connectivity index (χ1v) is 7.97. The zero-order valence-electron chi connectivity index (χ0n) is 11.2. The van der Waals surface area contributed by atoms with Crippen molar-refractivity contribution in [3.63, 3.8) is 0 Å². The molecule has 1 unspecified atom stereocenters. The molecule has 2 N–H and O–H groups in total. The van der Waals surface area contributed by atoms with Gasteiger partial charge < -0.3 is 10.4 Å². The third kappa shape index (κ3) is 3.58. The van der Waals surface area contributed by atoms with E-state index in [0.717, 1.165) is 4.31 Å². The number of benzene rings is 1. The van der Waals surface area contributed by atoms with Crippen molar-refractivity contribution in [1.82, 2.24) is 9.62 Å². The highest BCUT2D eigenvalue weighted by Crippen LogP contribution is 2.16. The molecule has 1 heterocycles. The second kappa shape index (κ2) is 6.22. The second-order valence-corrected chi connectivity index (χ2v) is 6.66. The van der Waals surface area contributed by atoms with Crippen LogP contribution < -0.4 is 5.32 Å². The summed E-state index contributed by atoms with van der Waals surface area (Å²) in [4.78, 5) is 11.2. The minimum atomic E-state index is -3.72. The number of aliphatic carboxylic acids is 1. The van der Waals surface area contributed by atoms with Crippen molar-refractivity contribution in [3.8, 4) is 6.07 Å². The standard InChI is InChI=1S/C13H15N3O4S/c14-7-10-1-3-11(4-2-10)9-21(19,20)16-6-5-15-8-12(16)13(17)18/h1-4,12,15H,5-6,8-9H2,(H,17,18). The number of carbonyl (C=O) groups is 1. The summed E-state index contributed by atoms with van der Waals surface area (Å²) in [6, 6.07) is 7.08. The van der Waals surface area contributed by atoms with Gasteiger partial charge in [-0.25, -0.2) is 8.42 Å². The Hall–Kier alpha value is -1.95. The number of nitriles is 1. The lowest BCUT2D eigenvalue weighted by Crippen LogP contribution is -2.57. The monoisotopic (exact) mass is 309 g/mol. The van der Waals surface area contributed by atoms with Crippen molar-refractivity contribution in [2.75, 3.05) is 19.6 Å². The van der Waals surface area contributed by atoms with Crippen molar-refractivity contribution in [2.45, 2.75) is 11.8 Å². The van der Waals surface area contributed by atoms with Crippen LogP contribution in [-0.2, 0) is 20.6 Å². The van der Waals surface area contributed by atoms with Crippen LogP contribution in [0.15, 0.2) is 24.3 Å². The fraction of sp³-hybridized carbons (Fsp3) is 0.385. The van der Waals surface area contributed by atoms with Crippen LogP contribution in [0.2, 0.25) is 0 Å². The molecule has 21 heavy (non-hydrogen) atoms. The first-order valence-electron chi connectivity index (χ1n) is 6.36. The molecule has 112 valence electrons. The summed E-state index contributed by atoms with van der Waals surface area (Å²) < 4.78 is 25.8. The van der Waals surface area contributed by atoms with E-state index < -0.39 is 22.0 Å². The maximum Gasteiger partial charge on any atom is 0.323 e. The lowest BCUT2D eigenvalue weighted by atomic mass is 10.2. The van der Waals surface area contributed by atoms with Crippen molar-refractivity contribution < 1.29 is 18.3 Å². The number of hydrogen-bond donors (Lipinski definition) is 2. The van der Waals surface area contributed by atoms with E-state index in [4.69, 9.17) is 10.4 Å². The second-order valence-electron chi connectivity index (χ2n) is 4.73. The maximum atomic E-state index is 12.4. The van der Waals surface area contributed by atoms with Crippen molar-refractivity contribution in [2.24, 2.45) is 0 Å². The molecule has 1 fully saturated rings. The molecule has 0 bridgehead atoms. The van der Waals surface area contributed by atoms with E-state index in [2.05, 4.69) is 5.32 Å². The predicted octanol–water partition coefficient (Wildman–Crippen LogP) is -0.254. The van der Waals surface area contributed by atoms with Crippen LogP contribution >= 0.6 is 0 Å². The van der Waals surface area contributed by atoms with Gasteiger partial charge in [-0.1, -0.05) is 12.1 Å². The lowest BCUT2D eigenvalue weighted by molar-refractivity contribution is -0.141. The predicted molar refractivity (Wildman–Crippen MR) is 74.8 cm³/mol. The smallest absolute Gasteiger partial charge is 0.323 e. The van der Waals surface area contributed by atoms with Crippen molar-refractivity contribution >= 4 is 16.0 Å². The Balaban J connectivity index is 2.20. The van der Waals surface area contributed by atoms with Gasteiger partial charge in [-0.2, -0.15) is 9.57 Å². The van der Waals surface area contributed by atoms with Gasteiger partial charge in [-0.15, -0.1) is 0 Å². The van der Waals surface area contributed by atoms with E-state index >= 15 is 0 Å². The van der Waals surface area contributed by atoms with Crippen LogP contribution in [0.1, 0.15) is 11.1 Å². The number of sulfonamides is 1. The topological polar surface area (TPSA) is 111 Å². The number of rotatable bonds is 4. The minimum Gasteiger partial charge on any atom is -0.480 e. The normalized spacial score (nSPS) is 19.9. The van der Waals surface area contributed by atoms with Gasteiger partial charge in [0.25, 0.3) is 0 Å². The van der Waals surface area contributed by atoms with Crippen molar-refractivity contribution in [3.05, 3.63) is 35.4 Å². The molecule has 2 rings (SSSR count). The molecule has 8 heteroatoms. The van der Waals surface area contributed by atoms with Crippen LogP contribution in [-0.4, -0.2) is 49.5 Å². The number of carboxylic acid groups (broad SMARTS) is 1. The Labute approximate surface area is 122 Å². The Morgan fingerprint density at radius 1 is 1.43 bits per heavy atom. The zero-order chi connectivity index (χ0) is 15.5. The third-order valence-corrected chi connectivity index (χ3v) is 5.12. The Morgan fingerprint density at radius 3 is 2.67 bits per heavy atom. The van der Waals surface area contributed by atoms with Gasteiger partial charge in [0.1, 0.15) is 6.04 Å². The molecule has 0 aromatic heterocycles. The summed E-state index contributed by atoms with van der Waals surface area (Å²) >= 11 is 0. The van der Waals surface area contributed by atoms with Gasteiger partial charge in [0.05, 0.1) is 17.4 Å². The maximum absolute atomic E-state index is 12.4. The molecule has 1 atom stereocenters. The highest BCUT2D eigenvalue weighted by atomic mass is 32.2. The molecule has 0 saturated carbocycles. The quantitative estimate of drug-likeness (QED) is 0.793. The molecule has 0 radical (unpaired) electrons. The zero-order valence-corrected chi connectivity index (χ0v) is 12.0. The van der Waals surface area contributed by atoms with Crippen LogP contribution in [0.4, 0.5) is 0 Å². The molecule has 1 aliphatic heterocycles. The number of hydrogen-bond acceptors (Lipinski definition) is 5. The molecule has 1 aromatic rings. The highest BCUT2D eigenvalue weighted by molar-refractivity contribution is 7.88. The van der Waals surface area contributed by atoms with E-state index in [1.807, 2.05) is 6.07 Å². The van der Waals surface area contributed by atoms with Crippen LogP contribution in [0.5, 0.6) is 0 Å². The minimum absolute atomic E-state index is 0.0991. The summed E-state index contributed by atoms with van der Waals surface area (Å²) in [6.07, 6.45) is 0. The molecular formula is C13H15N3O4S. The average molecular weight is 309 g/mol.